The second kappa shape index (κ2) is 5.82. The zero-order valence-electron chi connectivity index (χ0n) is 9.40. The number of carbonyl (C=O) groups excluding carboxylic acids is 1. The highest BCUT2D eigenvalue weighted by Crippen LogP contribution is 2.13. The zero-order chi connectivity index (χ0) is 12.1. The van der Waals surface area contributed by atoms with Crippen molar-refractivity contribution in [2.45, 2.75) is 26.3 Å². The summed E-state index contributed by atoms with van der Waals surface area (Å²) in [7, 11) is 0. The average Bonchev–Trinajstić information content (AvgIpc) is 2.27. The number of hydrogen-bond acceptors (Lipinski definition) is 3. The number of nitrogens with two attached hydrogens (primary N) is 1. The van der Waals surface area contributed by atoms with Gasteiger partial charge in [-0.3, -0.25) is 4.79 Å². The van der Waals surface area contributed by atoms with Crippen LogP contribution in [0.2, 0.25) is 5.02 Å². The predicted molar refractivity (Wildman–Crippen MR) is 65.3 cm³/mol. The van der Waals surface area contributed by atoms with E-state index in [-0.39, 0.29) is 11.8 Å². The quantitative estimate of drug-likeness (QED) is 0.848. The Balaban J connectivity index is 2.64. The van der Waals surface area contributed by atoms with E-state index in [1.165, 1.54) is 6.20 Å². The Labute approximate surface area is 100 Å². The van der Waals surface area contributed by atoms with Crippen LogP contribution in [0.15, 0.2) is 18.3 Å². The molecule has 0 aliphatic heterocycles. The fourth-order valence-corrected chi connectivity index (χ4v) is 1.35. The van der Waals surface area contributed by atoms with E-state index in [2.05, 4.69) is 10.3 Å². The highest BCUT2D eigenvalue weighted by atomic mass is 35.5. The number of halogens is 1. The first-order valence-corrected chi connectivity index (χ1v) is 5.60. The van der Waals surface area contributed by atoms with Gasteiger partial charge in [0.1, 0.15) is 5.82 Å². The molecule has 0 radical (unpaired) electrons. The molecule has 1 rings (SSSR count). The van der Waals surface area contributed by atoms with Crippen molar-refractivity contribution in [2.75, 3.05) is 5.32 Å². The number of nitrogens with zero attached hydrogens (tertiary/aromatic N) is 1. The summed E-state index contributed by atoms with van der Waals surface area (Å²) in [4.78, 5) is 15.7. The highest BCUT2D eigenvalue weighted by Gasteiger charge is 2.19. The van der Waals surface area contributed by atoms with Gasteiger partial charge in [-0.1, -0.05) is 31.9 Å². The maximum absolute atomic E-state index is 11.7. The summed E-state index contributed by atoms with van der Waals surface area (Å²) < 4.78 is 0. The van der Waals surface area contributed by atoms with Crippen LogP contribution < -0.4 is 11.1 Å². The molecule has 16 heavy (non-hydrogen) atoms. The molecule has 0 saturated carbocycles. The minimum absolute atomic E-state index is 0.138. The maximum Gasteiger partial charge on any atom is 0.242 e. The van der Waals surface area contributed by atoms with E-state index >= 15 is 0 Å². The van der Waals surface area contributed by atoms with Gasteiger partial charge < -0.3 is 11.1 Å². The van der Waals surface area contributed by atoms with Gasteiger partial charge in [0.2, 0.25) is 5.91 Å². The standard InChI is InChI=1S/C11H16ClN3O/c1-3-7(2)10(13)11(16)15-9-6-8(12)4-5-14-9/h4-7,10H,3,13H2,1-2H3,(H,14,15,16). The van der Waals surface area contributed by atoms with Crippen molar-refractivity contribution in [1.29, 1.82) is 0 Å². The van der Waals surface area contributed by atoms with Crippen molar-refractivity contribution >= 4 is 23.3 Å². The molecule has 0 aromatic carbocycles. The fourth-order valence-electron chi connectivity index (χ4n) is 1.20. The zero-order valence-corrected chi connectivity index (χ0v) is 10.2. The third kappa shape index (κ3) is 3.47. The van der Waals surface area contributed by atoms with Crippen LogP contribution >= 0.6 is 11.6 Å². The molecule has 0 fully saturated rings. The molecular formula is C11H16ClN3O. The third-order valence-electron chi connectivity index (χ3n) is 2.53. The Morgan fingerprint density at radius 3 is 2.94 bits per heavy atom. The molecule has 5 heteroatoms. The number of amides is 1. The summed E-state index contributed by atoms with van der Waals surface area (Å²) in [6, 6.07) is 2.71. The number of aromatic nitrogens is 1. The number of hydrogen-bond donors (Lipinski definition) is 2. The van der Waals surface area contributed by atoms with E-state index in [1.807, 2.05) is 13.8 Å². The van der Waals surface area contributed by atoms with Crippen molar-refractivity contribution in [3.8, 4) is 0 Å². The first kappa shape index (κ1) is 12.9. The van der Waals surface area contributed by atoms with Gasteiger partial charge >= 0.3 is 0 Å². The summed E-state index contributed by atoms with van der Waals surface area (Å²) in [5.41, 5.74) is 5.78. The normalized spacial score (nSPS) is 14.2. The molecule has 0 saturated heterocycles. The first-order chi connectivity index (χ1) is 7.54. The smallest absolute Gasteiger partial charge is 0.242 e. The molecule has 0 aliphatic carbocycles. The largest absolute Gasteiger partial charge is 0.320 e. The van der Waals surface area contributed by atoms with Crippen molar-refractivity contribution in [1.82, 2.24) is 4.98 Å². The Morgan fingerprint density at radius 2 is 2.38 bits per heavy atom. The molecule has 4 nitrogen and oxygen atoms in total. The second-order valence-corrected chi connectivity index (χ2v) is 4.20. The van der Waals surface area contributed by atoms with Crippen molar-refractivity contribution in [2.24, 2.45) is 11.7 Å². The third-order valence-corrected chi connectivity index (χ3v) is 2.77. The van der Waals surface area contributed by atoms with Crippen LogP contribution in [-0.2, 0) is 4.79 Å². The van der Waals surface area contributed by atoms with E-state index in [1.54, 1.807) is 12.1 Å². The van der Waals surface area contributed by atoms with Crippen molar-refractivity contribution in [3.63, 3.8) is 0 Å². The lowest BCUT2D eigenvalue weighted by Gasteiger charge is -2.17. The van der Waals surface area contributed by atoms with Crippen LogP contribution in [0, 0.1) is 5.92 Å². The molecule has 2 unspecified atom stereocenters. The summed E-state index contributed by atoms with van der Waals surface area (Å²) in [5.74, 6) is 0.333. The van der Waals surface area contributed by atoms with Gasteiger partial charge in [-0.05, 0) is 18.1 Å². The summed E-state index contributed by atoms with van der Waals surface area (Å²) in [6.45, 7) is 3.94. The molecule has 2 atom stereocenters. The number of pyridine rings is 1. The number of anilines is 1. The van der Waals surface area contributed by atoms with Crippen LogP contribution in [0.3, 0.4) is 0 Å². The highest BCUT2D eigenvalue weighted by molar-refractivity contribution is 6.30. The maximum atomic E-state index is 11.7. The minimum atomic E-state index is -0.522. The van der Waals surface area contributed by atoms with Gasteiger partial charge in [0, 0.05) is 11.2 Å². The lowest BCUT2D eigenvalue weighted by Crippen LogP contribution is -2.40. The molecular weight excluding hydrogens is 226 g/mol. The van der Waals surface area contributed by atoms with Gasteiger partial charge in [-0.25, -0.2) is 4.98 Å². The van der Waals surface area contributed by atoms with Crippen LogP contribution in [0.4, 0.5) is 5.82 Å². The first-order valence-electron chi connectivity index (χ1n) is 5.22. The SMILES string of the molecule is CCC(C)C(N)C(=O)Nc1cc(Cl)ccn1. The Hall–Kier alpha value is -1.13. The van der Waals surface area contributed by atoms with E-state index in [4.69, 9.17) is 17.3 Å². The van der Waals surface area contributed by atoms with E-state index in [0.717, 1.165) is 6.42 Å². The summed E-state index contributed by atoms with van der Waals surface area (Å²) in [5, 5.41) is 3.17. The number of carbonyl (C=O) groups is 1. The number of rotatable bonds is 4. The van der Waals surface area contributed by atoms with Gasteiger partial charge in [-0.2, -0.15) is 0 Å². The molecule has 1 aromatic heterocycles. The van der Waals surface area contributed by atoms with Gasteiger partial charge in [0.25, 0.3) is 0 Å². The van der Waals surface area contributed by atoms with E-state index in [0.29, 0.717) is 10.8 Å². The topological polar surface area (TPSA) is 68.0 Å². The van der Waals surface area contributed by atoms with Gasteiger partial charge in [0.05, 0.1) is 6.04 Å². The Morgan fingerprint density at radius 1 is 1.69 bits per heavy atom. The monoisotopic (exact) mass is 241 g/mol. The molecule has 3 N–H and O–H groups in total. The molecule has 0 spiro atoms. The summed E-state index contributed by atoms with van der Waals surface area (Å²) >= 11 is 5.78. The Bertz CT molecular complexity index is 370. The van der Waals surface area contributed by atoms with E-state index in [9.17, 15) is 4.79 Å². The average molecular weight is 242 g/mol. The molecule has 0 bridgehead atoms. The van der Waals surface area contributed by atoms with Gasteiger partial charge in [-0.15, -0.1) is 0 Å². The lowest BCUT2D eigenvalue weighted by molar-refractivity contribution is -0.118. The Kier molecular flexibility index (Phi) is 4.71. The second-order valence-electron chi connectivity index (χ2n) is 3.76. The molecule has 1 aromatic rings. The van der Waals surface area contributed by atoms with Crippen molar-refractivity contribution < 1.29 is 4.79 Å². The molecule has 0 aliphatic rings. The van der Waals surface area contributed by atoms with Gasteiger partial charge in [0.15, 0.2) is 0 Å². The van der Waals surface area contributed by atoms with E-state index < -0.39 is 6.04 Å². The molecule has 1 heterocycles. The lowest BCUT2D eigenvalue weighted by atomic mass is 9.99. The summed E-state index contributed by atoms with van der Waals surface area (Å²) in [6.07, 6.45) is 2.39. The van der Waals surface area contributed by atoms with Crippen LogP contribution in [0.1, 0.15) is 20.3 Å². The van der Waals surface area contributed by atoms with Crippen LogP contribution in [0.5, 0.6) is 0 Å². The van der Waals surface area contributed by atoms with Crippen LogP contribution in [0.25, 0.3) is 0 Å². The predicted octanol–water partition coefficient (Wildman–Crippen LogP) is 2.05. The molecule has 1 amide bonds. The van der Waals surface area contributed by atoms with Crippen molar-refractivity contribution in [3.05, 3.63) is 23.4 Å². The van der Waals surface area contributed by atoms with Crippen LogP contribution in [-0.4, -0.2) is 16.9 Å². The molecule has 88 valence electrons. The minimum Gasteiger partial charge on any atom is -0.320 e. The fraction of sp³-hybridized carbons (Fsp3) is 0.455. The number of nitrogens with one attached hydrogen (secondary N) is 1.